The molecule has 0 aromatic heterocycles. The van der Waals surface area contributed by atoms with Crippen LogP contribution < -0.4 is 0 Å². The molecule has 0 aromatic carbocycles. The van der Waals surface area contributed by atoms with Gasteiger partial charge in [-0.15, -0.1) is 6.58 Å². The molecular weight excluding hydrogens is 196 g/mol. The molecule has 0 aliphatic rings. The Morgan fingerprint density at radius 3 is 2.00 bits per heavy atom. The summed E-state index contributed by atoms with van der Waals surface area (Å²) < 4.78 is 0. The van der Waals surface area contributed by atoms with Crippen molar-refractivity contribution in [2.24, 2.45) is 11.8 Å². The molecule has 0 heterocycles. The van der Waals surface area contributed by atoms with E-state index in [4.69, 9.17) is 0 Å². The van der Waals surface area contributed by atoms with Gasteiger partial charge in [0.1, 0.15) is 0 Å². The second kappa shape index (κ2) is 8.35. The third-order valence-corrected chi connectivity index (χ3v) is 2.43. The van der Waals surface area contributed by atoms with Crippen LogP contribution in [0.3, 0.4) is 0 Å². The van der Waals surface area contributed by atoms with Crippen molar-refractivity contribution in [2.75, 3.05) is 13.1 Å². The monoisotopic (exact) mass is 222 g/mol. The summed E-state index contributed by atoms with van der Waals surface area (Å²) in [5.74, 6) is 1.22. The quantitative estimate of drug-likeness (QED) is 0.588. The molecule has 1 atom stereocenters. The third kappa shape index (κ3) is 6.63. The summed E-state index contributed by atoms with van der Waals surface area (Å²) in [6.45, 7) is 14.5. The zero-order valence-corrected chi connectivity index (χ0v) is 11.2. The van der Waals surface area contributed by atoms with Crippen molar-refractivity contribution in [1.82, 2.24) is 4.90 Å². The normalized spacial score (nSPS) is 13.1. The lowest BCUT2D eigenvalue weighted by Gasteiger charge is -2.30. The fourth-order valence-corrected chi connectivity index (χ4v) is 1.87. The van der Waals surface area contributed by atoms with Crippen LogP contribution >= 0.6 is 0 Å². The van der Waals surface area contributed by atoms with Gasteiger partial charge in [0, 0.05) is 13.1 Å². The maximum Gasteiger partial charge on any atom is 0.0981 e. The fourth-order valence-electron chi connectivity index (χ4n) is 1.87. The average molecular weight is 222 g/mol. The maximum atomic E-state index is 9.22. The van der Waals surface area contributed by atoms with Crippen LogP contribution in [-0.4, -0.2) is 24.0 Å². The van der Waals surface area contributed by atoms with Gasteiger partial charge in [-0.1, -0.05) is 33.8 Å². The van der Waals surface area contributed by atoms with E-state index in [1.807, 2.05) is 6.08 Å². The Kier molecular flexibility index (Phi) is 7.93. The molecule has 92 valence electrons. The minimum absolute atomic E-state index is 0.0443. The lowest BCUT2D eigenvalue weighted by Crippen LogP contribution is -2.39. The lowest BCUT2D eigenvalue weighted by molar-refractivity contribution is 0.180. The molecule has 0 spiro atoms. The van der Waals surface area contributed by atoms with Crippen LogP contribution in [0.4, 0.5) is 0 Å². The molecule has 0 amide bonds. The summed E-state index contributed by atoms with van der Waals surface area (Å²) in [4.78, 5) is 2.32. The fraction of sp³-hybridized carbons (Fsp3) is 0.786. The van der Waals surface area contributed by atoms with E-state index >= 15 is 0 Å². The van der Waals surface area contributed by atoms with Crippen LogP contribution in [0.2, 0.25) is 0 Å². The van der Waals surface area contributed by atoms with E-state index in [1.54, 1.807) is 0 Å². The van der Waals surface area contributed by atoms with Crippen molar-refractivity contribution in [1.29, 1.82) is 5.26 Å². The summed E-state index contributed by atoms with van der Waals surface area (Å²) in [6, 6.07) is 2.47. The van der Waals surface area contributed by atoms with Crippen LogP contribution in [-0.2, 0) is 0 Å². The zero-order valence-electron chi connectivity index (χ0n) is 11.2. The maximum absolute atomic E-state index is 9.22. The number of allylic oxidation sites excluding steroid dienone is 1. The van der Waals surface area contributed by atoms with E-state index in [0.717, 1.165) is 25.9 Å². The van der Waals surface area contributed by atoms with Gasteiger partial charge in [-0.2, -0.15) is 5.26 Å². The standard InChI is InChI=1S/C14H26N2/c1-6-7-8-14(9-15)16(10-12(2)3)11-13(4)5/h6,12-14H,1,7-8,10-11H2,2-5H3. The minimum Gasteiger partial charge on any atom is -0.288 e. The van der Waals surface area contributed by atoms with Crippen molar-refractivity contribution in [3.63, 3.8) is 0 Å². The Morgan fingerprint density at radius 2 is 1.69 bits per heavy atom. The second-order valence-corrected chi connectivity index (χ2v) is 5.25. The summed E-state index contributed by atoms with van der Waals surface area (Å²) in [6.07, 6.45) is 3.72. The molecule has 0 fully saturated rings. The second-order valence-electron chi connectivity index (χ2n) is 5.25. The van der Waals surface area contributed by atoms with Gasteiger partial charge in [-0.25, -0.2) is 0 Å². The lowest BCUT2D eigenvalue weighted by atomic mass is 10.1. The van der Waals surface area contributed by atoms with Crippen LogP contribution in [0.1, 0.15) is 40.5 Å². The largest absolute Gasteiger partial charge is 0.288 e. The van der Waals surface area contributed by atoms with Gasteiger partial charge in [0.25, 0.3) is 0 Å². The molecule has 0 aliphatic heterocycles. The topological polar surface area (TPSA) is 27.0 Å². The first-order valence-corrected chi connectivity index (χ1v) is 6.25. The third-order valence-electron chi connectivity index (χ3n) is 2.43. The van der Waals surface area contributed by atoms with Crippen molar-refractivity contribution >= 4 is 0 Å². The van der Waals surface area contributed by atoms with Gasteiger partial charge in [-0.3, -0.25) is 4.90 Å². The highest BCUT2D eigenvalue weighted by atomic mass is 15.2. The Balaban J connectivity index is 4.43. The first-order chi connectivity index (χ1) is 7.51. The summed E-state index contributed by atoms with van der Waals surface area (Å²) >= 11 is 0. The van der Waals surface area contributed by atoms with E-state index in [-0.39, 0.29) is 6.04 Å². The van der Waals surface area contributed by atoms with Gasteiger partial charge in [0.2, 0.25) is 0 Å². The molecule has 0 radical (unpaired) electrons. The molecule has 0 N–H and O–H groups in total. The van der Waals surface area contributed by atoms with Gasteiger partial charge in [0.05, 0.1) is 12.1 Å². The molecule has 2 nitrogen and oxygen atoms in total. The Hall–Kier alpha value is -0.810. The van der Waals surface area contributed by atoms with E-state index in [9.17, 15) is 5.26 Å². The molecule has 2 heteroatoms. The van der Waals surface area contributed by atoms with Gasteiger partial charge < -0.3 is 0 Å². The minimum atomic E-state index is 0.0443. The summed E-state index contributed by atoms with van der Waals surface area (Å²) in [5, 5.41) is 9.22. The predicted octanol–water partition coefficient (Wildman–Crippen LogP) is 3.46. The van der Waals surface area contributed by atoms with Crippen molar-refractivity contribution in [2.45, 2.75) is 46.6 Å². The van der Waals surface area contributed by atoms with Crippen molar-refractivity contribution in [3.8, 4) is 6.07 Å². The molecule has 1 unspecified atom stereocenters. The van der Waals surface area contributed by atoms with E-state index < -0.39 is 0 Å². The number of nitriles is 1. The van der Waals surface area contributed by atoms with E-state index in [0.29, 0.717) is 11.8 Å². The average Bonchev–Trinajstić information content (AvgIpc) is 2.16. The van der Waals surface area contributed by atoms with Gasteiger partial charge in [-0.05, 0) is 24.7 Å². The summed E-state index contributed by atoms with van der Waals surface area (Å²) in [7, 11) is 0. The summed E-state index contributed by atoms with van der Waals surface area (Å²) in [5.41, 5.74) is 0. The molecule has 0 bridgehead atoms. The Labute approximate surface area is 101 Å². The highest BCUT2D eigenvalue weighted by molar-refractivity contribution is 4.93. The Bertz CT molecular complexity index is 215. The van der Waals surface area contributed by atoms with Crippen LogP contribution in [0.5, 0.6) is 0 Å². The number of nitrogens with zero attached hydrogens (tertiary/aromatic N) is 2. The first kappa shape index (κ1) is 15.2. The smallest absolute Gasteiger partial charge is 0.0981 e. The van der Waals surface area contributed by atoms with E-state index in [1.165, 1.54) is 0 Å². The molecule has 0 saturated carbocycles. The van der Waals surface area contributed by atoms with Crippen LogP contribution in [0.25, 0.3) is 0 Å². The predicted molar refractivity (Wildman–Crippen MR) is 70.1 cm³/mol. The molecule has 16 heavy (non-hydrogen) atoms. The van der Waals surface area contributed by atoms with Gasteiger partial charge >= 0.3 is 0 Å². The molecular formula is C14H26N2. The molecule has 0 rings (SSSR count). The highest BCUT2D eigenvalue weighted by Crippen LogP contribution is 2.12. The number of hydrogen-bond acceptors (Lipinski definition) is 2. The molecule has 0 aromatic rings. The van der Waals surface area contributed by atoms with Crippen LogP contribution in [0, 0.1) is 23.2 Å². The highest BCUT2D eigenvalue weighted by Gasteiger charge is 2.19. The Morgan fingerprint density at radius 1 is 1.19 bits per heavy atom. The van der Waals surface area contributed by atoms with E-state index in [2.05, 4.69) is 45.2 Å². The van der Waals surface area contributed by atoms with Crippen molar-refractivity contribution in [3.05, 3.63) is 12.7 Å². The first-order valence-electron chi connectivity index (χ1n) is 6.25. The van der Waals surface area contributed by atoms with Crippen molar-refractivity contribution < 1.29 is 0 Å². The van der Waals surface area contributed by atoms with Gasteiger partial charge in [0.15, 0.2) is 0 Å². The van der Waals surface area contributed by atoms with Crippen LogP contribution in [0.15, 0.2) is 12.7 Å². The molecule has 0 saturated heterocycles. The molecule has 0 aliphatic carbocycles. The number of hydrogen-bond donors (Lipinski definition) is 0. The number of rotatable bonds is 8. The zero-order chi connectivity index (χ0) is 12.6. The SMILES string of the molecule is C=CCCC(C#N)N(CC(C)C)CC(C)C.